The van der Waals surface area contributed by atoms with Gasteiger partial charge in [0.25, 0.3) is 0 Å². The van der Waals surface area contributed by atoms with Crippen molar-refractivity contribution in [2.24, 2.45) is 4.99 Å². The first-order valence-corrected chi connectivity index (χ1v) is 9.82. The number of para-hydroxylation sites is 1. The Labute approximate surface area is 161 Å². The number of benzene rings is 2. The van der Waals surface area contributed by atoms with Crippen molar-refractivity contribution in [3.05, 3.63) is 65.3 Å². The molecule has 0 bridgehead atoms. The summed E-state index contributed by atoms with van der Waals surface area (Å²) in [5, 5.41) is 2.48. The molecule has 2 aromatic carbocycles. The highest BCUT2D eigenvalue weighted by atomic mass is 35.5. The van der Waals surface area contributed by atoms with Gasteiger partial charge in [-0.2, -0.15) is 0 Å². The number of H-pyrrole nitrogens is 1. The van der Waals surface area contributed by atoms with Gasteiger partial charge in [0.15, 0.2) is 5.17 Å². The number of thioether (sulfide) groups is 1. The molecule has 3 aromatic rings. The number of aliphatic imine (C=N–C) groups is 1. The summed E-state index contributed by atoms with van der Waals surface area (Å²) in [4.78, 5) is 22.8. The zero-order valence-corrected chi connectivity index (χ0v) is 15.8. The molecule has 2 heterocycles. The molecule has 1 aliphatic rings. The van der Waals surface area contributed by atoms with Crippen LogP contribution in [-0.4, -0.2) is 27.9 Å². The van der Waals surface area contributed by atoms with Gasteiger partial charge in [0, 0.05) is 27.9 Å². The number of nitrogens with zero attached hydrogens (tertiary/aromatic N) is 2. The highest BCUT2D eigenvalue weighted by molar-refractivity contribution is 8.14. The van der Waals surface area contributed by atoms with Gasteiger partial charge < -0.3 is 4.98 Å². The van der Waals surface area contributed by atoms with E-state index in [1.54, 1.807) is 28.8 Å². The summed E-state index contributed by atoms with van der Waals surface area (Å²) < 4.78 is 0. The highest BCUT2D eigenvalue weighted by Crippen LogP contribution is 2.28. The maximum atomic E-state index is 13.2. The minimum Gasteiger partial charge on any atom is -0.361 e. The van der Waals surface area contributed by atoms with Crippen molar-refractivity contribution in [3.63, 3.8) is 0 Å². The summed E-state index contributed by atoms with van der Waals surface area (Å²) in [5.74, 6) is 0.886. The third-order valence-corrected chi connectivity index (χ3v) is 5.77. The van der Waals surface area contributed by atoms with Crippen molar-refractivity contribution in [1.82, 2.24) is 4.98 Å². The van der Waals surface area contributed by atoms with Gasteiger partial charge in [0.1, 0.15) is 0 Å². The van der Waals surface area contributed by atoms with Crippen LogP contribution in [0.15, 0.2) is 59.7 Å². The molecule has 1 aliphatic heterocycles. The molecular weight excluding hydrogens is 366 g/mol. The largest absolute Gasteiger partial charge is 0.361 e. The molecule has 0 spiro atoms. The molecule has 1 aromatic heterocycles. The molecular formula is C20H18ClN3OS. The summed E-state index contributed by atoms with van der Waals surface area (Å²) in [6.45, 7) is 2.06. The number of anilines is 1. The summed E-state index contributed by atoms with van der Waals surface area (Å²) in [6, 6.07) is 15.5. The molecule has 1 amide bonds. The topological polar surface area (TPSA) is 48.5 Å². The Kier molecular flexibility index (Phi) is 4.74. The summed E-state index contributed by atoms with van der Waals surface area (Å²) in [7, 11) is 0. The van der Waals surface area contributed by atoms with E-state index in [0.29, 0.717) is 11.4 Å². The first kappa shape index (κ1) is 17.2. The number of hydrogen-bond acceptors (Lipinski definition) is 3. The van der Waals surface area contributed by atoms with Gasteiger partial charge in [-0.1, -0.05) is 41.6 Å². The molecule has 0 saturated heterocycles. The lowest BCUT2D eigenvalue weighted by Gasteiger charge is -2.22. The van der Waals surface area contributed by atoms with Crippen LogP contribution in [0.4, 0.5) is 5.69 Å². The number of fused-ring (bicyclic) bond motifs is 1. The smallest absolute Gasteiger partial charge is 0.237 e. The second-order valence-corrected chi connectivity index (χ2v) is 7.74. The van der Waals surface area contributed by atoms with Crippen molar-refractivity contribution in [2.75, 3.05) is 10.7 Å². The molecule has 132 valence electrons. The Morgan fingerprint density at radius 1 is 1.27 bits per heavy atom. The predicted octanol–water partition coefficient (Wildman–Crippen LogP) is 4.89. The van der Waals surface area contributed by atoms with E-state index in [-0.39, 0.29) is 11.9 Å². The van der Waals surface area contributed by atoms with Crippen molar-refractivity contribution in [1.29, 1.82) is 0 Å². The Hall–Kier alpha value is -2.24. The number of hydrogen-bond donors (Lipinski definition) is 1. The van der Waals surface area contributed by atoms with Crippen LogP contribution in [0.3, 0.4) is 0 Å². The molecule has 0 saturated carbocycles. The number of amides is 1. The molecule has 0 fully saturated rings. The van der Waals surface area contributed by atoms with Crippen molar-refractivity contribution < 1.29 is 4.79 Å². The number of carbonyl (C=O) groups excluding carboxylic acids is 1. The first-order chi connectivity index (χ1) is 12.6. The zero-order chi connectivity index (χ0) is 18.1. The van der Waals surface area contributed by atoms with Crippen LogP contribution < -0.4 is 4.90 Å². The minimum atomic E-state index is -0.00238. The summed E-state index contributed by atoms with van der Waals surface area (Å²) >= 11 is 7.63. The molecule has 26 heavy (non-hydrogen) atoms. The second-order valence-electron chi connectivity index (χ2n) is 6.31. The molecule has 6 heteroatoms. The zero-order valence-electron chi connectivity index (χ0n) is 14.3. The lowest BCUT2D eigenvalue weighted by atomic mass is 10.1. The molecule has 1 N–H and O–H groups in total. The Morgan fingerprint density at radius 3 is 2.77 bits per heavy atom. The van der Waals surface area contributed by atoms with Gasteiger partial charge in [0.2, 0.25) is 5.91 Å². The number of rotatable bonds is 3. The average Bonchev–Trinajstić information content (AvgIpc) is 3.24. The van der Waals surface area contributed by atoms with Gasteiger partial charge in [-0.15, -0.1) is 0 Å². The van der Waals surface area contributed by atoms with Crippen molar-refractivity contribution >= 4 is 51.0 Å². The van der Waals surface area contributed by atoms with E-state index in [2.05, 4.69) is 16.9 Å². The Balaban J connectivity index is 1.68. The SMILES string of the molecule is CC1CSC(N(C(=O)Cc2c[nH]c3ccccc23)c2ccc(Cl)cc2)=N1. The van der Waals surface area contributed by atoms with E-state index in [1.807, 2.05) is 42.6 Å². The van der Waals surface area contributed by atoms with Gasteiger partial charge in [-0.25, -0.2) is 0 Å². The van der Waals surface area contributed by atoms with Crippen LogP contribution in [-0.2, 0) is 11.2 Å². The van der Waals surface area contributed by atoms with Gasteiger partial charge >= 0.3 is 0 Å². The normalized spacial score (nSPS) is 16.7. The molecule has 1 unspecified atom stereocenters. The fourth-order valence-electron chi connectivity index (χ4n) is 3.05. The number of carbonyl (C=O) groups is 1. The standard InChI is InChI=1S/C20H18ClN3OS/c1-13-12-26-20(23-13)24(16-8-6-15(21)7-9-16)19(25)10-14-11-22-18-5-3-2-4-17(14)18/h2-9,11,13,22H,10,12H2,1H3. The number of aromatic nitrogens is 1. The minimum absolute atomic E-state index is 0.00238. The van der Waals surface area contributed by atoms with E-state index in [9.17, 15) is 4.79 Å². The maximum Gasteiger partial charge on any atom is 0.237 e. The van der Waals surface area contributed by atoms with Crippen LogP contribution >= 0.6 is 23.4 Å². The average molecular weight is 384 g/mol. The molecule has 4 rings (SSSR count). The summed E-state index contributed by atoms with van der Waals surface area (Å²) in [5.41, 5.74) is 2.82. The molecule has 1 atom stereocenters. The quantitative estimate of drug-likeness (QED) is 0.700. The Bertz CT molecular complexity index is 980. The van der Waals surface area contributed by atoms with E-state index in [0.717, 1.165) is 33.1 Å². The van der Waals surface area contributed by atoms with Gasteiger partial charge in [-0.05, 0) is 42.8 Å². The maximum absolute atomic E-state index is 13.2. The van der Waals surface area contributed by atoms with E-state index >= 15 is 0 Å². The monoisotopic (exact) mass is 383 g/mol. The lowest BCUT2D eigenvalue weighted by Crippen LogP contribution is -2.35. The number of amidine groups is 1. The van der Waals surface area contributed by atoms with Crippen LogP contribution in [0.2, 0.25) is 5.02 Å². The first-order valence-electron chi connectivity index (χ1n) is 8.46. The number of halogens is 1. The van der Waals surface area contributed by atoms with E-state index in [4.69, 9.17) is 11.6 Å². The molecule has 0 aliphatic carbocycles. The molecule has 4 nitrogen and oxygen atoms in total. The highest BCUT2D eigenvalue weighted by Gasteiger charge is 2.27. The Morgan fingerprint density at radius 2 is 2.04 bits per heavy atom. The third kappa shape index (κ3) is 3.37. The van der Waals surface area contributed by atoms with E-state index in [1.165, 1.54) is 0 Å². The molecule has 0 radical (unpaired) electrons. The number of aromatic amines is 1. The van der Waals surface area contributed by atoms with Crippen LogP contribution in [0.1, 0.15) is 12.5 Å². The lowest BCUT2D eigenvalue weighted by molar-refractivity contribution is -0.117. The van der Waals surface area contributed by atoms with E-state index < -0.39 is 0 Å². The van der Waals surface area contributed by atoms with Crippen molar-refractivity contribution in [3.8, 4) is 0 Å². The van der Waals surface area contributed by atoms with Crippen LogP contribution in [0.25, 0.3) is 10.9 Å². The van der Waals surface area contributed by atoms with Crippen LogP contribution in [0.5, 0.6) is 0 Å². The van der Waals surface area contributed by atoms with Gasteiger partial charge in [0.05, 0.1) is 18.2 Å². The number of nitrogens with one attached hydrogen (secondary N) is 1. The van der Waals surface area contributed by atoms with Crippen LogP contribution in [0, 0.1) is 0 Å². The fraction of sp³-hybridized carbons (Fsp3) is 0.200. The van der Waals surface area contributed by atoms with Gasteiger partial charge in [-0.3, -0.25) is 14.7 Å². The summed E-state index contributed by atoms with van der Waals surface area (Å²) in [6.07, 6.45) is 2.22. The predicted molar refractivity (Wildman–Crippen MR) is 110 cm³/mol. The van der Waals surface area contributed by atoms with Crippen molar-refractivity contribution in [2.45, 2.75) is 19.4 Å². The third-order valence-electron chi connectivity index (χ3n) is 4.33. The second kappa shape index (κ2) is 7.17. The fourth-order valence-corrected chi connectivity index (χ4v) is 4.23.